The molecule has 0 radical (unpaired) electrons. The fraction of sp³-hybridized carbons (Fsp3) is 0.0952. The molecular weight excluding hydrogens is 296 g/mol. The summed E-state index contributed by atoms with van der Waals surface area (Å²) in [4.78, 5) is 0. The van der Waals surface area contributed by atoms with Crippen molar-refractivity contribution >= 4 is 17.1 Å². The summed E-state index contributed by atoms with van der Waals surface area (Å²) in [5.74, 6) is 0.842. The standard InChI is InChI=1S/C21H20N2O/c1-17(18-13-15-21(24-2)16-14-18)22-23(19-9-5-3-6-10-19)20-11-7-4-8-12-20/h3-16H,1-2H3/b22-17+. The van der Waals surface area contributed by atoms with Crippen LogP contribution < -0.4 is 9.75 Å². The molecule has 0 atom stereocenters. The highest BCUT2D eigenvalue weighted by atomic mass is 16.5. The molecule has 0 aliphatic carbocycles. The molecule has 0 saturated carbocycles. The zero-order valence-electron chi connectivity index (χ0n) is 13.9. The first-order valence-corrected chi connectivity index (χ1v) is 7.88. The second-order valence-electron chi connectivity index (χ2n) is 5.40. The first kappa shape index (κ1) is 15.8. The van der Waals surface area contributed by atoms with E-state index in [1.807, 2.05) is 72.6 Å². The molecule has 0 unspecified atom stereocenters. The van der Waals surface area contributed by atoms with Gasteiger partial charge in [-0.15, -0.1) is 0 Å². The van der Waals surface area contributed by atoms with Gasteiger partial charge in [0.05, 0.1) is 24.2 Å². The van der Waals surface area contributed by atoms with Crippen LogP contribution in [0.3, 0.4) is 0 Å². The molecule has 0 N–H and O–H groups in total. The van der Waals surface area contributed by atoms with Crippen LogP contribution in [0.2, 0.25) is 0 Å². The highest BCUT2D eigenvalue weighted by Crippen LogP contribution is 2.26. The van der Waals surface area contributed by atoms with Crippen molar-refractivity contribution in [1.82, 2.24) is 0 Å². The van der Waals surface area contributed by atoms with Gasteiger partial charge in [-0.3, -0.25) is 0 Å². The van der Waals surface area contributed by atoms with Crippen molar-refractivity contribution in [3.63, 3.8) is 0 Å². The second-order valence-corrected chi connectivity index (χ2v) is 5.40. The molecule has 0 amide bonds. The van der Waals surface area contributed by atoms with E-state index in [4.69, 9.17) is 9.84 Å². The van der Waals surface area contributed by atoms with E-state index in [0.717, 1.165) is 28.4 Å². The molecule has 3 aromatic carbocycles. The summed E-state index contributed by atoms with van der Waals surface area (Å²) < 4.78 is 5.22. The van der Waals surface area contributed by atoms with Crippen molar-refractivity contribution in [3.8, 4) is 5.75 Å². The van der Waals surface area contributed by atoms with E-state index in [1.165, 1.54) is 0 Å². The highest BCUT2D eigenvalue weighted by molar-refractivity contribution is 5.99. The van der Waals surface area contributed by atoms with Gasteiger partial charge in [-0.05, 0) is 61.0 Å². The Hall–Kier alpha value is -3.07. The molecule has 3 nitrogen and oxygen atoms in total. The van der Waals surface area contributed by atoms with Crippen molar-refractivity contribution < 1.29 is 4.74 Å². The van der Waals surface area contributed by atoms with E-state index in [1.54, 1.807) is 7.11 Å². The molecule has 0 saturated heterocycles. The van der Waals surface area contributed by atoms with Gasteiger partial charge in [0, 0.05) is 0 Å². The molecule has 0 heterocycles. The lowest BCUT2D eigenvalue weighted by Gasteiger charge is -2.20. The van der Waals surface area contributed by atoms with Gasteiger partial charge in [0.25, 0.3) is 0 Å². The van der Waals surface area contributed by atoms with Crippen LogP contribution in [-0.4, -0.2) is 12.8 Å². The van der Waals surface area contributed by atoms with E-state index < -0.39 is 0 Å². The Balaban J connectivity index is 1.99. The van der Waals surface area contributed by atoms with Crippen LogP contribution in [0.15, 0.2) is 90.0 Å². The third kappa shape index (κ3) is 3.63. The summed E-state index contributed by atoms with van der Waals surface area (Å²) in [5.41, 5.74) is 4.05. The lowest BCUT2D eigenvalue weighted by Crippen LogP contribution is -2.12. The Morgan fingerprint density at radius 1 is 0.750 bits per heavy atom. The zero-order valence-corrected chi connectivity index (χ0v) is 13.9. The van der Waals surface area contributed by atoms with Gasteiger partial charge in [-0.2, -0.15) is 5.10 Å². The molecule has 0 bridgehead atoms. The number of anilines is 2. The Morgan fingerprint density at radius 3 is 1.71 bits per heavy atom. The van der Waals surface area contributed by atoms with Gasteiger partial charge in [0.2, 0.25) is 0 Å². The van der Waals surface area contributed by atoms with Crippen molar-refractivity contribution in [2.75, 3.05) is 12.1 Å². The molecule has 3 heteroatoms. The zero-order chi connectivity index (χ0) is 16.8. The minimum atomic E-state index is 0.842. The summed E-state index contributed by atoms with van der Waals surface area (Å²) in [7, 11) is 1.67. The second kappa shape index (κ2) is 7.47. The topological polar surface area (TPSA) is 24.8 Å². The molecular formula is C21H20N2O. The Kier molecular flexibility index (Phi) is 4.92. The number of hydrogen-bond acceptors (Lipinski definition) is 3. The predicted octanol–water partition coefficient (Wildman–Crippen LogP) is 5.26. The first-order valence-electron chi connectivity index (χ1n) is 7.88. The van der Waals surface area contributed by atoms with Crippen LogP contribution in [0.25, 0.3) is 0 Å². The summed E-state index contributed by atoms with van der Waals surface area (Å²) in [6.45, 7) is 2.01. The number of ether oxygens (including phenoxy) is 1. The number of hydrazone groups is 1. The van der Waals surface area contributed by atoms with Crippen molar-refractivity contribution in [3.05, 3.63) is 90.5 Å². The fourth-order valence-corrected chi connectivity index (χ4v) is 2.44. The number of methoxy groups -OCH3 is 1. The van der Waals surface area contributed by atoms with Gasteiger partial charge in [0.15, 0.2) is 0 Å². The fourth-order valence-electron chi connectivity index (χ4n) is 2.44. The normalized spacial score (nSPS) is 11.2. The average Bonchev–Trinajstić information content (AvgIpc) is 2.67. The third-order valence-electron chi connectivity index (χ3n) is 3.76. The maximum Gasteiger partial charge on any atom is 0.118 e. The summed E-state index contributed by atoms with van der Waals surface area (Å²) >= 11 is 0. The Morgan fingerprint density at radius 2 is 1.25 bits per heavy atom. The van der Waals surface area contributed by atoms with Crippen LogP contribution in [0.4, 0.5) is 11.4 Å². The monoisotopic (exact) mass is 316 g/mol. The first-order chi connectivity index (χ1) is 11.8. The van der Waals surface area contributed by atoms with E-state index >= 15 is 0 Å². The maximum atomic E-state index is 5.22. The van der Waals surface area contributed by atoms with Gasteiger partial charge in [0.1, 0.15) is 5.75 Å². The van der Waals surface area contributed by atoms with Gasteiger partial charge >= 0.3 is 0 Å². The van der Waals surface area contributed by atoms with Crippen LogP contribution in [0, 0.1) is 0 Å². The number of nitrogens with zero attached hydrogens (tertiary/aromatic N) is 2. The lowest BCUT2D eigenvalue weighted by atomic mass is 10.1. The summed E-state index contributed by atoms with van der Waals surface area (Å²) in [5, 5.41) is 6.81. The summed E-state index contributed by atoms with van der Waals surface area (Å²) in [6, 6.07) is 28.2. The molecule has 24 heavy (non-hydrogen) atoms. The number of hydrogen-bond donors (Lipinski definition) is 0. The third-order valence-corrected chi connectivity index (χ3v) is 3.76. The average molecular weight is 316 g/mol. The Labute approximate surface area is 142 Å². The number of para-hydroxylation sites is 2. The predicted molar refractivity (Wildman–Crippen MR) is 100 cm³/mol. The SMILES string of the molecule is COc1ccc(/C(C)=N/N(c2ccccc2)c2ccccc2)cc1. The smallest absolute Gasteiger partial charge is 0.118 e. The Bertz CT molecular complexity index is 757. The molecule has 0 fully saturated rings. The van der Waals surface area contributed by atoms with Crippen LogP contribution in [0.1, 0.15) is 12.5 Å². The van der Waals surface area contributed by atoms with Crippen LogP contribution >= 0.6 is 0 Å². The summed E-state index contributed by atoms with van der Waals surface area (Å²) in [6.07, 6.45) is 0. The minimum Gasteiger partial charge on any atom is -0.497 e. The molecule has 120 valence electrons. The largest absolute Gasteiger partial charge is 0.497 e. The van der Waals surface area contributed by atoms with Crippen molar-refractivity contribution in [1.29, 1.82) is 0 Å². The highest BCUT2D eigenvalue weighted by Gasteiger charge is 2.09. The molecule has 0 spiro atoms. The van der Waals surface area contributed by atoms with E-state index in [9.17, 15) is 0 Å². The molecule has 3 aromatic rings. The maximum absolute atomic E-state index is 5.22. The van der Waals surface area contributed by atoms with E-state index in [2.05, 4.69) is 24.3 Å². The van der Waals surface area contributed by atoms with E-state index in [-0.39, 0.29) is 0 Å². The van der Waals surface area contributed by atoms with Gasteiger partial charge < -0.3 is 4.74 Å². The minimum absolute atomic E-state index is 0.842. The molecule has 0 aliphatic heterocycles. The quantitative estimate of drug-likeness (QED) is 0.474. The van der Waals surface area contributed by atoms with Gasteiger partial charge in [-0.1, -0.05) is 36.4 Å². The number of benzene rings is 3. The molecule has 3 rings (SSSR count). The van der Waals surface area contributed by atoms with Crippen molar-refractivity contribution in [2.45, 2.75) is 6.92 Å². The lowest BCUT2D eigenvalue weighted by molar-refractivity contribution is 0.415. The van der Waals surface area contributed by atoms with E-state index in [0.29, 0.717) is 0 Å². The molecule has 0 aliphatic rings. The molecule has 0 aromatic heterocycles. The van der Waals surface area contributed by atoms with Crippen LogP contribution in [-0.2, 0) is 0 Å². The van der Waals surface area contributed by atoms with Crippen molar-refractivity contribution in [2.24, 2.45) is 5.10 Å². The van der Waals surface area contributed by atoms with Crippen LogP contribution in [0.5, 0.6) is 5.75 Å². The van der Waals surface area contributed by atoms with Gasteiger partial charge in [-0.25, -0.2) is 5.01 Å². The number of rotatable bonds is 5.